The minimum Gasteiger partial charge on any atom is -0.459 e. The molecule has 0 aliphatic rings. The van der Waals surface area contributed by atoms with Crippen molar-refractivity contribution in [3.63, 3.8) is 0 Å². The molecular formula is C23H28N4O2. The molecule has 6 nitrogen and oxygen atoms in total. The number of hydrogen-bond donors (Lipinski definition) is 3. The van der Waals surface area contributed by atoms with Gasteiger partial charge in [0.1, 0.15) is 11.3 Å². The standard InChI is InChI=1S/C23H28N4O2/c1-15(2)22(28)27-18-11-9-17(10-12-18)13-25-23(24-4)26-14-21-16(3)19-7-5-6-8-20(19)29-21/h5-12,15H,13-14H2,1-4H3,(H,27,28)(H2,24,25,26). The summed E-state index contributed by atoms with van der Waals surface area (Å²) < 4.78 is 5.94. The second kappa shape index (κ2) is 9.28. The maximum Gasteiger partial charge on any atom is 0.226 e. The molecule has 6 heteroatoms. The smallest absolute Gasteiger partial charge is 0.226 e. The molecule has 3 rings (SSSR count). The van der Waals surface area contributed by atoms with Crippen molar-refractivity contribution < 1.29 is 9.21 Å². The lowest BCUT2D eigenvalue weighted by Crippen LogP contribution is -2.36. The predicted molar refractivity (Wildman–Crippen MR) is 118 cm³/mol. The molecule has 0 aliphatic carbocycles. The summed E-state index contributed by atoms with van der Waals surface area (Å²) in [5.41, 5.74) is 3.93. The number of aryl methyl sites for hydroxylation is 1. The van der Waals surface area contributed by atoms with E-state index in [4.69, 9.17) is 4.42 Å². The first-order chi connectivity index (χ1) is 14.0. The lowest BCUT2D eigenvalue weighted by molar-refractivity contribution is -0.118. The molecule has 0 aliphatic heterocycles. The number of fused-ring (bicyclic) bond motifs is 1. The van der Waals surface area contributed by atoms with Gasteiger partial charge in [-0.15, -0.1) is 0 Å². The van der Waals surface area contributed by atoms with Crippen molar-refractivity contribution in [2.75, 3.05) is 12.4 Å². The van der Waals surface area contributed by atoms with Gasteiger partial charge in [0, 0.05) is 36.1 Å². The van der Waals surface area contributed by atoms with Crippen molar-refractivity contribution >= 4 is 28.5 Å². The van der Waals surface area contributed by atoms with Crippen LogP contribution in [0.25, 0.3) is 11.0 Å². The summed E-state index contributed by atoms with van der Waals surface area (Å²) in [6, 6.07) is 15.8. The maximum absolute atomic E-state index is 11.8. The van der Waals surface area contributed by atoms with Crippen LogP contribution < -0.4 is 16.0 Å². The Morgan fingerprint density at radius 3 is 2.38 bits per heavy atom. The van der Waals surface area contributed by atoms with E-state index in [2.05, 4.69) is 33.9 Å². The average molecular weight is 393 g/mol. The number of nitrogens with zero attached hydrogens (tertiary/aromatic N) is 1. The van der Waals surface area contributed by atoms with Crippen LogP contribution in [-0.4, -0.2) is 18.9 Å². The summed E-state index contributed by atoms with van der Waals surface area (Å²) in [6.07, 6.45) is 0. The summed E-state index contributed by atoms with van der Waals surface area (Å²) in [6.45, 7) is 6.99. The molecule has 0 fully saturated rings. The summed E-state index contributed by atoms with van der Waals surface area (Å²) in [4.78, 5) is 16.0. The van der Waals surface area contributed by atoms with Crippen LogP contribution in [0.15, 0.2) is 57.9 Å². The minimum atomic E-state index is -0.0406. The number of aliphatic imine (C=N–C) groups is 1. The third-order valence-electron chi connectivity index (χ3n) is 4.79. The third-order valence-corrected chi connectivity index (χ3v) is 4.79. The third kappa shape index (κ3) is 5.16. The first kappa shape index (κ1) is 20.5. The molecule has 29 heavy (non-hydrogen) atoms. The number of furan rings is 1. The van der Waals surface area contributed by atoms with Crippen LogP contribution in [0.1, 0.15) is 30.7 Å². The van der Waals surface area contributed by atoms with Crippen molar-refractivity contribution in [1.82, 2.24) is 10.6 Å². The van der Waals surface area contributed by atoms with Crippen molar-refractivity contribution in [2.24, 2.45) is 10.9 Å². The largest absolute Gasteiger partial charge is 0.459 e. The van der Waals surface area contributed by atoms with E-state index in [1.807, 2.05) is 56.3 Å². The Morgan fingerprint density at radius 1 is 1.03 bits per heavy atom. The van der Waals surface area contributed by atoms with E-state index in [0.29, 0.717) is 19.0 Å². The Morgan fingerprint density at radius 2 is 1.72 bits per heavy atom. The number of carbonyl (C=O) groups excluding carboxylic acids is 1. The molecule has 0 bridgehead atoms. The number of carbonyl (C=O) groups is 1. The molecular weight excluding hydrogens is 364 g/mol. The molecule has 0 unspecified atom stereocenters. The summed E-state index contributed by atoms with van der Waals surface area (Å²) >= 11 is 0. The van der Waals surface area contributed by atoms with Crippen LogP contribution in [0, 0.1) is 12.8 Å². The number of hydrogen-bond acceptors (Lipinski definition) is 3. The van der Waals surface area contributed by atoms with E-state index >= 15 is 0 Å². The Hall–Kier alpha value is -3.28. The molecule has 3 N–H and O–H groups in total. The van der Waals surface area contributed by atoms with Gasteiger partial charge in [0.05, 0.1) is 6.54 Å². The average Bonchev–Trinajstić information content (AvgIpc) is 3.05. The summed E-state index contributed by atoms with van der Waals surface area (Å²) in [7, 11) is 1.74. The lowest BCUT2D eigenvalue weighted by atomic mass is 10.1. The highest BCUT2D eigenvalue weighted by atomic mass is 16.3. The molecule has 2 aromatic carbocycles. The van der Waals surface area contributed by atoms with Crippen LogP contribution in [0.4, 0.5) is 5.69 Å². The molecule has 0 radical (unpaired) electrons. The number of rotatable bonds is 6. The topological polar surface area (TPSA) is 78.7 Å². The van der Waals surface area contributed by atoms with Crippen LogP contribution >= 0.6 is 0 Å². The van der Waals surface area contributed by atoms with E-state index in [9.17, 15) is 4.79 Å². The van der Waals surface area contributed by atoms with Crippen molar-refractivity contribution in [2.45, 2.75) is 33.9 Å². The van der Waals surface area contributed by atoms with Crippen LogP contribution in [0.3, 0.4) is 0 Å². The Balaban J connectivity index is 1.54. The second-order valence-corrected chi connectivity index (χ2v) is 7.27. The lowest BCUT2D eigenvalue weighted by Gasteiger charge is -2.12. The van der Waals surface area contributed by atoms with E-state index in [-0.39, 0.29) is 11.8 Å². The van der Waals surface area contributed by atoms with Gasteiger partial charge in [-0.1, -0.05) is 44.2 Å². The fraction of sp³-hybridized carbons (Fsp3) is 0.304. The number of benzene rings is 2. The van der Waals surface area contributed by atoms with Gasteiger partial charge in [-0.25, -0.2) is 0 Å². The molecule has 1 amide bonds. The zero-order valence-electron chi connectivity index (χ0n) is 17.4. The van der Waals surface area contributed by atoms with Gasteiger partial charge in [-0.2, -0.15) is 0 Å². The van der Waals surface area contributed by atoms with Gasteiger partial charge in [-0.05, 0) is 30.7 Å². The van der Waals surface area contributed by atoms with Gasteiger partial charge >= 0.3 is 0 Å². The van der Waals surface area contributed by atoms with Crippen LogP contribution in [0.5, 0.6) is 0 Å². The zero-order chi connectivity index (χ0) is 20.8. The highest BCUT2D eigenvalue weighted by molar-refractivity contribution is 5.92. The summed E-state index contributed by atoms with van der Waals surface area (Å²) in [5, 5.41) is 10.6. The van der Waals surface area contributed by atoms with Crippen molar-refractivity contribution in [3.8, 4) is 0 Å². The predicted octanol–water partition coefficient (Wildman–Crippen LogP) is 4.20. The molecule has 0 saturated heterocycles. The molecule has 152 valence electrons. The fourth-order valence-corrected chi connectivity index (χ4v) is 2.96. The number of nitrogens with one attached hydrogen (secondary N) is 3. The number of anilines is 1. The fourth-order valence-electron chi connectivity index (χ4n) is 2.96. The van der Waals surface area contributed by atoms with E-state index < -0.39 is 0 Å². The highest BCUT2D eigenvalue weighted by Gasteiger charge is 2.10. The van der Waals surface area contributed by atoms with Gasteiger partial charge < -0.3 is 20.4 Å². The maximum atomic E-state index is 11.8. The van der Waals surface area contributed by atoms with Crippen molar-refractivity contribution in [3.05, 3.63) is 65.4 Å². The Bertz CT molecular complexity index is 1000. The van der Waals surface area contributed by atoms with Crippen LogP contribution in [-0.2, 0) is 17.9 Å². The normalized spacial score (nSPS) is 11.7. The first-order valence-electron chi connectivity index (χ1n) is 9.79. The number of para-hydroxylation sites is 1. The molecule has 0 spiro atoms. The van der Waals surface area contributed by atoms with Gasteiger partial charge in [0.15, 0.2) is 5.96 Å². The quantitative estimate of drug-likeness (QED) is 0.434. The summed E-state index contributed by atoms with van der Waals surface area (Å²) in [5.74, 6) is 1.57. The first-order valence-corrected chi connectivity index (χ1v) is 9.79. The number of guanidine groups is 1. The van der Waals surface area contributed by atoms with E-state index in [1.165, 1.54) is 0 Å². The molecule has 0 atom stereocenters. The van der Waals surface area contributed by atoms with E-state index in [0.717, 1.165) is 33.5 Å². The zero-order valence-corrected chi connectivity index (χ0v) is 17.4. The van der Waals surface area contributed by atoms with Gasteiger partial charge in [0.25, 0.3) is 0 Å². The monoisotopic (exact) mass is 392 g/mol. The Labute approximate surface area is 171 Å². The number of amides is 1. The van der Waals surface area contributed by atoms with Gasteiger partial charge in [-0.3, -0.25) is 9.79 Å². The van der Waals surface area contributed by atoms with Crippen molar-refractivity contribution in [1.29, 1.82) is 0 Å². The molecule has 1 heterocycles. The van der Waals surface area contributed by atoms with Gasteiger partial charge in [0.2, 0.25) is 5.91 Å². The molecule has 0 saturated carbocycles. The molecule has 3 aromatic rings. The second-order valence-electron chi connectivity index (χ2n) is 7.27. The Kier molecular flexibility index (Phi) is 6.54. The highest BCUT2D eigenvalue weighted by Crippen LogP contribution is 2.24. The minimum absolute atomic E-state index is 0.0151. The SMILES string of the molecule is CN=C(NCc1ccc(NC(=O)C(C)C)cc1)NCc1oc2ccccc2c1C. The van der Waals surface area contributed by atoms with E-state index in [1.54, 1.807) is 7.05 Å². The van der Waals surface area contributed by atoms with Crippen LogP contribution in [0.2, 0.25) is 0 Å². The molecule has 1 aromatic heterocycles.